The molecule has 0 heterocycles. The van der Waals surface area contributed by atoms with Gasteiger partial charge in [0.05, 0.1) is 20.6 Å². The van der Waals surface area contributed by atoms with E-state index in [0.717, 1.165) is 24.3 Å². The van der Waals surface area contributed by atoms with Gasteiger partial charge in [0, 0.05) is 12.1 Å². The molecule has 58 heavy (non-hydrogen) atoms. The Bertz CT molecular complexity index is 3080. The fraction of sp³-hybridized carbons (Fsp3) is 0. The molecule has 6 aromatic carbocycles. The lowest BCUT2D eigenvalue weighted by Crippen LogP contribution is -2.01. The quantitative estimate of drug-likeness (QED) is 0.0613. The molecule has 0 aliphatic heterocycles. The molecule has 0 fully saturated rings. The van der Waals surface area contributed by atoms with Gasteiger partial charge in [-0.1, -0.05) is 12.1 Å². The third kappa shape index (κ3) is 7.88. The average Bonchev–Trinajstić information content (AvgIpc) is 3.09. The summed E-state index contributed by atoms with van der Waals surface area (Å²) in [5, 5.41) is 76.4. The molecule has 0 spiro atoms. The van der Waals surface area contributed by atoms with Crippen LogP contribution in [0.15, 0.2) is 113 Å². The van der Waals surface area contributed by atoms with Gasteiger partial charge in [-0.15, -0.1) is 20.5 Å². The van der Waals surface area contributed by atoms with E-state index in [4.69, 9.17) is 0 Å². The number of aromatic hydroxyl groups is 6. The van der Waals surface area contributed by atoms with E-state index in [0.29, 0.717) is 36.4 Å². The summed E-state index contributed by atoms with van der Waals surface area (Å²) in [7, 11) is -20.2. The molecule has 6 rings (SSSR count). The van der Waals surface area contributed by atoms with Crippen molar-refractivity contribution in [2.45, 2.75) is 19.6 Å². The molecule has 0 amide bonds. The lowest BCUT2D eigenvalue weighted by atomic mass is 10.0. The highest BCUT2D eigenvalue weighted by atomic mass is 32.2. The van der Waals surface area contributed by atoms with Crippen molar-refractivity contribution in [2.75, 3.05) is 0 Å². The molecular formula is C32H22N4O18S4. The van der Waals surface area contributed by atoms with Crippen LogP contribution in [0.2, 0.25) is 0 Å². The minimum absolute atomic E-state index is 0.197. The van der Waals surface area contributed by atoms with E-state index < -0.39 is 127 Å². The Morgan fingerprint density at radius 1 is 0.379 bits per heavy atom. The molecule has 302 valence electrons. The molecule has 26 heteroatoms. The summed E-state index contributed by atoms with van der Waals surface area (Å²) in [6.07, 6.45) is 0. The van der Waals surface area contributed by atoms with Crippen molar-refractivity contribution in [3.05, 3.63) is 72.8 Å². The first-order valence-electron chi connectivity index (χ1n) is 15.2. The predicted octanol–water partition coefficient (Wildman–Crippen LogP) is 5.71. The van der Waals surface area contributed by atoms with Gasteiger partial charge in [-0.25, -0.2) is 0 Å². The summed E-state index contributed by atoms with van der Waals surface area (Å²) in [6, 6.07) is 10.9. The fourth-order valence-corrected chi connectivity index (χ4v) is 7.93. The van der Waals surface area contributed by atoms with Gasteiger partial charge in [-0.05, 0) is 70.4 Å². The third-order valence-electron chi connectivity index (χ3n) is 8.16. The molecule has 0 aliphatic rings. The maximum absolute atomic E-state index is 12.2. The smallest absolute Gasteiger partial charge is 0.296 e. The van der Waals surface area contributed by atoms with Gasteiger partial charge in [0.1, 0.15) is 55.5 Å². The van der Waals surface area contributed by atoms with Crippen LogP contribution in [0.5, 0.6) is 34.5 Å². The molecule has 0 aromatic heterocycles. The van der Waals surface area contributed by atoms with E-state index >= 15 is 0 Å². The summed E-state index contributed by atoms with van der Waals surface area (Å²) >= 11 is 0. The summed E-state index contributed by atoms with van der Waals surface area (Å²) in [5.74, 6) is -5.27. The van der Waals surface area contributed by atoms with E-state index in [9.17, 15) is 82.5 Å². The molecule has 0 aliphatic carbocycles. The zero-order valence-electron chi connectivity index (χ0n) is 28.1. The SMILES string of the molecule is O=S(=O)(O)c1cc(O)c2c(O)c(N=Nc3ccc(-c4ccc(N=Nc5c(S(=O)(=O)O)cc6cc(S(=O)(=O)O)cc(O)c6c5O)c(O)c4)cc3O)c(S(=O)(=O)O)cc2c1. The Balaban J connectivity index is 1.34. The topological polar surface area (TPSA) is 388 Å². The van der Waals surface area contributed by atoms with Crippen LogP contribution in [0, 0.1) is 0 Å². The highest BCUT2D eigenvalue weighted by molar-refractivity contribution is 7.86. The van der Waals surface area contributed by atoms with Crippen LogP contribution >= 0.6 is 0 Å². The molecule has 6 aromatic rings. The maximum atomic E-state index is 12.2. The number of phenolic OH excluding ortho intramolecular Hbond substituents is 6. The summed E-state index contributed by atoms with van der Waals surface area (Å²) < 4.78 is 133. The van der Waals surface area contributed by atoms with Crippen LogP contribution in [0.3, 0.4) is 0 Å². The van der Waals surface area contributed by atoms with E-state index in [1.54, 1.807) is 0 Å². The van der Waals surface area contributed by atoms with Gasteiger partial charge in [0.15, 0.2) is 11.5 Å². The number of phenols is 6. The van der Waals surface area contributed by atoms with Crippen LogP contribution in [-0.2, 0) is 40.5 Å². The molecular weight excluding hydrogens is 857 g/mol. The monoisotopic (exact) mass is 878 g/mol. The number of azo groups is 2. The van der Waals surface area contributed by atoms with Crippen LogP contribution in [0.1, 0.15) is 0 Å². The lowest BCUT2D eigenvalue weighted by molar-refractivity contribution is 0.457. The molecule has 0 saturated heterocycles. The number of fused-ring (bicyclic) bond motifs is 2. The summed E-state index contributed by atoms with van der Waals surface area (Å²) in [4.78, 5) is -3.94. The average molecular weight is 879 g/mol. The standard InChI is InChI=1S/C32H22N4O18S4/c37-21-7-13(1-3-19(21)33-35-29-25(57(49,50)51)9-15-5-17(55(43,44)45)11-23(39)27(15)31(29)41)14-2-4-20(22(38)8-14)34-36-30-26(58(52,53)54)10-16-6-18(56(46,47)48)12-24(40)28(16)32(30)42/h1-12,37-42H,(H,43,44,45)(H,46,47,48)(H,49,50,51)(H,52,53,54). The third-order valence-corrected chi connectivity index (χ3v) is 11.6. The molecule has 0 saturated carbocycles. The molecule has 0 unspecified atom stereocenters. The highest BCUT2D eigenvalue weighted by Crippen LogP contribution is 2.48. The predicted molar refractivity (Wildman–Crippen MR) is 197 cm³/mol. The molecule has 0 radical (unpaired) electrons. The van der Waals surface area contributed by atoms with Crippen molar-refractivity contribution in [1.29, 1.82) is 0 Å². The van der Waals surface area contributed by atoms with Gasteiger partial charge in [-0.2, -0.15) is 33.7 Å². The van der Waals surface area contributed by atoms with Crippen LogP contribution in [0.4, 0.5) is 22.7 Å². The Morgan fingerprint density at radius 3 is 1.02 bits per heavy atom. The van der Waals surface area contributed by atoms with E-state index in [-0.39, 0.29) is 22.5 Å². The van der Waals surface area contributed by atoms with Crippen molar-refractivity contribution in [3.8, 4) is 45.6 Å². The minimum atomic E-state index is -5.22. The van der Waals surface area contributed by atoms with Gasteiger partial charge in [0.2, 0.25) is 0 Å². The van der Waals surface area contributed by atoms with E-state index in [1.165, 1.54) is 12.1 Å². The minimum Gasteiger partial charge on any atom is -0.507 e. The first-order chi connectivity index (χ1) is 26.8. The lowest BCUT2D eigenvalue weighted by Gasteiger charge is -2.11. The van der Waals surface area contributed by atoms with Crippen LogP contribution < -0.4 is 0 Å². The fourth-order valence-electron chi connectivity index (χ4n) is 5.54. The second-order valence-electron chi connectivity index (χ2n) is 11.9. The maximum Gasteiger partial charge on any atom is 0.296 e. The zero-order chi connectivity index (χ0) is 42.9. The van der Waals surface area contributed by atoms with Gasteiger partial charge in [-0.3, -0.25) is 18.2 Å². The largest absolute Gasteiger partial charge is 0.507 e. The van der Waals surface area contributed by atoms with E-state index in [2.05, 4.69) is 20.5 Å². The number of hydrogen-bond acceptors (Lipinski definition) is 18. The van der Waals surface area contributed by atoms with Crippen molar-refractivity contribution in [2.24, 2.45) is 20.5 Å². The second-order valence-corrected chi connectivity index (χ2v) is 17.6. The number of hydrogen-bond donors (Lipinski definition) is 10. The normalized spacial score (nSPS) is 13.0. The Hall–Kier alpha value is -6.52. The zero-order valence-corrected chi connectivity index (χ0v) is 31.4. The first kappa shape index (κ1) is 41.1. The Kier molecular flexibility index (Phi) is 10.0. The summed E-state index contributed by atoms with van der Waals surface area (Å²) in [5.41, 5.74) is -2.19. The van der Waals surface area contributed by atoms with E-state index in [1.807, 2.05) is 0 Å². The van der Waals surface area contributed by atoms with Crippen LogP contribution in [0.25, 0.3) is 32.7 Å². The second kappa shape index (κ2) is 14.1. The molecule has 0 bridgehead atoms. The van der Waals surface area contributed by atoms with Crippen LogP contribution in [-0.4, -0.2) is 82.5 Å². The van der Waals surface area contributed by atoms with Crippen molar-refractivity contribution in [3.63, 3.8) is 0 Å². The summed E-state index contributed by atoms with van der Waals surface area (Å²) in [6.45, 7) is 0. The van der Waals surface area contributed by atoms with Gasteiger partial charge >= 0.3 is 0 Å². The number of benzene rings is 6. The van der Waals surface area contributed by atoms with Crippen molar-refractivity contribution < 1.29 is 82.5 Å². The Labute approximate surface area is 324 Å². The number of nitrogens with zero attached hydrogens (tertiary/aromatic N) is 4. The molecule has 22 nitrogen and oxygen atoms in total. The molecule has 10 N–H and O–H groups in total. The van der Waals surface area contributed by atoms with Crippen molar-refractivity contribution in [1.82, 2.24) is 0 Å². The number of rotatable bonds is 9. The van der Waals surface area contributed by atoms with Gasteiger partial charge < -0.3 is 30.6 Å². The highest BCUT2D eigenvalue weighted by Gasteiger charge is 2.27. The van der Waals surface area contributed by atoms with Crippen molar-refractivity contribution >= 4 is 84.8 Å². The van der Waals surface area contributed by atoms with Gasteiger partial charge in [0.25, 0.3) is 40.5 Å². The first-order valence-corrected chi connectivity index (χ1v) is 21.0. The molecule has 0 atom stereocenters. The Morgan fingerprint density at radius 2 is 0.724 bits per heavy atom.